The standard InChI is InChI=1S/C28H43N3O5.C10H8Cl2O3.C10H10O5.C7H15N.Cl2OS/c1-17-7-9-19(10-8-17)29-25(32)22-16-23(24(35-6)15-18(22)2)26(33)30-20-11-13-21(14-12-20)31-27(34)36-28(3,4)5;1-5-3-8(15-2)7(10(12)14)4-6(5)9(11)13;1-5-3-8(15-2)7(10(13)14)4-6(5)9(11)12;1-6-2-4-7(8)5-3-6;1-4(2)3/h15-17,19-21H,7-14H2,1-6H3,(H,29,32)(H,30,33)(H,31,34);3-4H,1-2H3;3-4H,1-2H3,(H,11,12)(H,13,14);6-7H,2-5,8H2,1H3;. The molecule has 78 heavy (non-hydrogen) atoms. The number of aromatic carboxylic acids is 2. The highest BCUT2D eigenvalue weighted by Gasteiger charge is 2.28. The first-order valence-corrected chi connectivity index (χ1v) is 29.0. The minimum atomic E-state index is -1.67. The Morgan fingerprint density at radius 1 is 0.526 bits per heavy atom. The average molecular weight is 1190 g/mol. The third-order valence-corrected chi connectivity index (χ3v) is 13.6. The number of alkyl carbamates (subject to hydrolysis) is 1. The molecule has 3 aliphatic rings. The van der Waals surface area contributed by atoms with E-state index in [1.165, 1.54) is 59.1 Å². The number of carboxylic acids is 2. The number of halogens is 4. The van der Waals surface area contributed by atoms with Crippen molar-refractivity contribution in [1.29, 1.82) is 0 Å². The van der Waals surface area contributed by atoms with Crippen LogP contribution in [0, 0.1) is 32.6 Å². The van der Waals surface area contributed by atoms with Crippen molar-refractivity contribution in [2.45, 2.75) is 162 Å². The summed E-state index contributed by atoms with van der Waals surface area (Å²) in [4.78, 5) is 81.9. The van der Waals surface area contributed by atoms with E-state index in [4.69, 9.17) is 62.3 Å². The minimum Gasteiger partial charge on any atom is -0.496 e. The number of carbonyl (C=O) groups is 7. The van der Waals surface area contributed by atoms with Gasteiger partial charge in [-0.1, -0.05) is 13.8 Å². The Labute approximate surface area is 479 Å². The lowest BCUT2D eigenvalue weighted by atomic mass is 9.87. The summed E-state index contributed by atoms with van der Waals surface area (Å²) in [5.41, 5.74) is 8.10. The van der Waals surface area contributed by atoms with Crippen LogP contribution in [0.1, 0.15) is 191 Å². The highest BCUT2D eigenvalue weighted by atomic mass is 36.0. The predicted molar refractivity (Wildman–Crippen MR) is 305 cm³/mol. The molecule has 3 aliphatic carbocycles. The van der Waals surface area contributed by atoms with Gasteiger partial charge < -0.3 is 50.8 Å². The van der Waals surface area contributed by atoms with Crippen molar-refractivity contribution in [3.63, 3.8) is 0 Å². The van der Waals surface area contributed by atoms with Gasteiger partial charge in [0, 0.05) is 56.7 Å². The lowest BCUT2D eigenvalue weighted by Gasteiger charge is -2.30. The molecule has 0 unspecified atom stereocenters. The molecular weight excluding hydrogens is 1110 g/mol. The summed E-state index contributed by atoms with van der Waals surface area (Å²) in [6, 6.07) is 9.49. The highest BCUT2D eigenvalue weighted by molar-refractivity contribution is 8.26. The van der Waals surface area contributed by atoms with E-state index in [2.05, 4.69) is 51.2 Å². The fourth-order valence-corrected chi connectivity index (χ4v) is 9.16. The number of ether oxygens (including phenoxy) is 4. The Kier molecular flexibility index (Phi) is 29.5. The van der Waals surface area contributed by atoms with Gasteiger partial charge in [0.2, 0.25) is 9.23 Å². The first-order valence-electron chi connectivity index (χ1n) is 25.4. The van der Waals surface area contributed by atoms with Gasteiger partial charge in [-0.25, -0.2) is 18.6 Å². The number of benzene rings is 3. The molecule has 0 saturated heterocycles. The zero-order chi connectivity index (χ0) is 59.2. The molecule has 3 fully saturated rings. The number of hydrogen-bond acceptors (Lipinski definition) is 13. The van der Waals surface area contributed by atoms with Crippen molar-refractivity contribution in [2.24, 2.45) is 17.6 Å². The van der Waals surface area contributed by atoms with Crippen LogP contribution in [-0.2, 0) is 14.0 Å². The van der Waals surface area contributed by atoms with E-state index in [-0.39, 0.29) is 57.9 Å². The van der Waals surface area contributed by atoms with Gasteiger partial charge in [0.25, 0.3) is 22.3 Å². The van der Waals surface area contributed by atoms with Gasteiger partial charge in [-0.05, 0) is 207 Å². The molecule has 0 radical (unpaired) electrons. The first-order chi connectivity index (χ1) is 36.4. The van der Waals surface area contributed by atoms with Gasteiger partial charge in [-0.2, -0.15) is 0 Å². The van der Waals surface area contributed by atoms with E-state index in [1.54, 1.807) is 32.0 Å². The molecule has 434 valence electrons. The van der Waals surface area contributed by atoms with Crippen LogP contribution < -0.4 is 35.9 Å². The SMILES string of the molecule is CC1CCC(N)CC1.COc1cc(C)c(C(=O)Cl)cc1C(=O)Cl.COc1cc(C)c(C(=O)NC2CCC(C)CC2)cc1C(=O)NC1CCC(NC(=O)OC(C)(C)C)CC1.COc1cc(C)c(C(=O)O)cc1C(=O)O.O=S(Cl)Cl. The molecule has 0 aliphatic heterocycles. The zero-order valence-corrected chi connectivity index (χ0v) is 50.0. The van der Waals surface area contributed by atoms with Crippen LogP contribution in [0.2, 0.25) is 0 Å². The molecule has 3 aromatic carbocycles. The summed E-state index contributed by atoms with van der Waals surface area (Å²) in [5, 5.41) is 25.5. The number of rotatable bonds is 12. The van der Waals surface area contributed by atoms with Gasteiger partial charge in [0.05, 0.1) is 38.0 Å². The van der Waals surface area contributed by atoms with E-state index in [1.807, 2.05) is 27.7 Å². The van der Waals surface area contributed by atoms with Crippen LogP contribution in [0.4, 0.5) is 4.79 Å². The average Bonchev–Trinajstić information content (AvgIpc) is 3.35. The number of hydrogen-bond donors (Lipinski definition) is 6. The Morgan fingerprint density at radius 3 is 1.23 bits per heavy atom. The summed E-state index contributed by atoms with van der Waals surface area (Å²) in [6.07, 6.45) is 12.0. The van der Waals surface area contributed by atoms with E-state index >= 15 is 0 Å². The Bertz CT molecular complexity index is 2480. The third kappa shape index (κ3) is 24.0. The fraction of sp³-hybridized carbons (Fsp3) is 0.545. The molecule has 3 aromatic rings. The van der Waals surface area contributed by atoms with Crippen LogP contribution in [0.15, 0.2) is 36.4 Å². The van der Waals surface area contributed by atoms with Crippen LogP contribution in [-0.4, -0.2) is 106 Å². The third-order valence-electron chi connectivity index (χ3n) is 13.2. The number of nitrogens with two attached hydrogens (primary N) is 1. The molecule has 0 spiro atoms. The van der Waals surface area contributed by atoms with E-state index < -0.39 is 43.3 Å². The molecule has 6 rings (SSSR count). The predicted octanol–water partition coefficient (Wildman–Crippen LogP) is 11.6. The van der Waals surface area contributed by atoms with E-state index in [9.17, 15) is 33.6 Å². The summed E-state index contributed by atoms with van der Waals surface area (Å²) in [5.74, 6) is -0.179. The highest BCUT2D eigenvalue weighted by Crippen LogP contribution is 2.29. The van der Waals surface area contributed by atoms with Crippen LogP contribution in [0.3, 0.4) is 0 Å². The fourth-order valence-electron chi connectivity index (χ4n) is 8.81. The number of aryl methyl sites for hydroxylation is 3. The summed E-state index contributed by atoms with van der Waals surface area (Å²) >= 11 is 10.7. The molecule has 23 heteroatoms. The molecule has 7 N–H and O–H groups in total. The summed E-state index contributed by atoms with van der Waals surface area (Å²) in [6.45, 7) is 15.2. The van der Waals surface area contributed by atoms with Gasteiger partial charge in [0.15, 0.2) is 0 Å². The van der Waals surface area contributed by atoms with E-state index in [0.717, 1.165) is 68.9 Å². The number of carbonyl (C=O) groups excluding carboxylic acids is 5. The van der Waals surface area contributed by atoms with Gasteiger partial charge in [0.1, 0.15) is 28.4 Å². The molecule has 3 amide bonds. The number of amides is 3. The second-order valence-corrected chi connectivity index (χ2v) is 23.8. The van der Waals surface area contributed by atoms with Crippen molar-refractivity contribution in [3.05, 3.63) is 86.5 Å². The van der Waals surface area contributed by atoms with Crippen molar-refractivity contribution in [2.75, 3.05) is 21.3 Å². The van der Waals surface area contributed by atoms with Crippen LogP contribution >= 0.6 is 44.6 Å². The smallest absolute Gasteiger partial charge is 0.407 e. The van der Waals surface area contributed by atoms with Crippen molar-refractivity contribution in [3.8, 4) is 17.2 Å². The zero-order valence-electron chi connectivity index (χ0n) is 46.2. The lowest BCUT2D eigenvalue weighted by Crippen LogP contribution is -2.45. The number of methoxy groups -OCH3 is 3. The number of nitrogens with one attached hydrogen (secondary N) is 3. The Hall–Kier alpha value is -5.18. The molecule has 18 nitrogen and oxygen atoms in total. The summed E-state index contributed by atoms with van der Waals surface area (Å²) < 4.78 is 29.7. The Morgan fingerprint density at radius 2 is 0.846 bits per heavy atom. The second kappa shape index (κ2) is 33.4. The maximum atomic E-state index is 13.2. The lowest BCUT2D eigenvalue weighted by molar-refractivity contribution is 0.0486. The second-order valence-electron chi connectivity index (χ2n) is 20.6. The van der Waals surface area contributed by atoms with Gasteiger partial charge in [-0.3, -0.25) is 19.2 Å². The van der Waals surface area contributed by atoms with Crippen molar-refractivity contribution >= 4 is 94.1 Å². The molecule has 0 aromatic heterocycles. The molecule has 0 bridgehead atoms. The van der Waals surface area contributed by atoms with E-state index in [0.29, 0.717) is 45.7 Å². The quantitative estimate of drug-likeness (QED) is 0.0920. The Balaban J connectivity index is 0.000000404. The number of carboxylic acid groups (broad SMARTS) is 2. The maximum Gasteiger partial charge on any atom is 0.407 e. The normalized spacial score (nSPS) is 19.6. The largest absolute Gasteiger partial charge is 0.496 e. The van der Waals surface area contributed by atoms with Crippen LogP contribution in [0.5, 0.6) is 17.2 Å². The minimum absolute atomic E-state index is 0.0123. The van der Waals surface area contributed by atoms with Gasteiger partial charge in [-0.15, -0.1) is 0 Å². The van der Waals surface area contributed by atoms with Crippen molar-refractivity contribution in [1.82, 2.24) is 16.0 Å². The van der Waals surface area contributed by atoms with Crippen molar-refractivity contribution < 1.29 is 66.9 Å². The first kappa shape index (κ1) is 68.9. The molecule has 0 atom stereocenters. The molecule has 0 heterocycles. The monoisotopic (exact) mass is 1190 g/mol. The maximum absolute atomic E-state index is 13.2. The van der Waals surface area contributed by atoms with Gasteiger partial charge >= 0.3 is 18.0 Å². The summed E-state index contributed by atoms with van der Waals surface area (Å²) in [7, 11) is 11.6. The molecule has 3 saturated carbocycles. The molecular formula is C55H76Cl4N4O14S. The topological polar surface area (TPSA) is 276 Å². The van der Waals surface area contributed by atoms with Crippen LogP contribution in [0.25, 0.3) is 0 Å².